The molecule has 2 rings (SSSR count). The highest BCUT2D eigenvalue weighted by Gasteiger charge is 2.33. The highest BCUT2D eigenvalue weighted by atomic mass is 19.4. The first-order valence-electron chi connectivity index (χ1n) is 4.39. The Hall–Kier alpha value is -2.09. The van der Waals surface area contributed by atoms with Crippen molar-refractivity contribution < 1.29 is 13.2 Å². The molecule has 1 aromatic carbocycles. The van der Waals surface area contributed by atoms with Gasteiger partial charge < -0.3 is 0 Å². The van der Waals surface area contributed by atoms with Crippen molar-refractivity contribution in [3.63, 3.8) is 0 Å². The van der Waals surface area contributed by atoms with Gasteiger partial charge in [0.15, 0.2) is 0 Å². The third kappa shape index (κ3) is 1.58. The smallest absolute Gasteiger partial charge is 0.245 e. The summed E-state index contributed by atoms with van der Waals surface area (Å²) in [6.45, 7) is 0. The molecule has 16 heavy (non-hydrogen) atoms. The van der Waals surface area contributed by atoms with E-state index >= 15 is 0 Å². The Kier molecular flexibility index (Phi) is 2.27. The molecule has 0 N–H and O–H groups in total. The predicted molar refractivity (Wildman–Crippen MR) is 51.5 cm³/mol. The van der Waals surface area contributed by atoms with E-state index in [1.165, 1.54) is 24.4 Å². The van der Waals surface area contributed by atoms with Gasteiger partial charge in [0.25, 0.3) is 0 Å². The molecule has 0 bridgehead atoms. The largest absolute Gasteiger partial charge is 0.417 e. The molecule has 1 aromatic heterocycles. The molecule has 0 aliphatic rings. The van der Waals surface area contributed by atoms with Gasteiger partial charge >= 0.3 is 6.18 Å². The number of hydrogen-bond donors (Lipinski definition) is 0. The summed E-state index contributed by atoms with van der Waals surface area (Å²) in [5, 5.41) is 8.97. The number of nitriles is 1. The van der Waals surface area contributed by atoms with Crippen LogP contribution in [0.2, 0.25) is 0 Å². The van der Waals surface area contributed by atoms with Crippen molar-refractivity contribution >= 4 is 10.8 Å². The summed E-state index contributed by atoms with van der Waals surface area (Å²) in [4.78, 5) is 3.64. The molecule has 0 amide bonds. The van der Waals surface area contributed by atoms with Crippen LogP contribution in [0.1, 0.15) is 11.3 Å². The zero-order valence-corrected chi connectivity index (χ0v) is 7.92. The Morgan fingerprint density at radius 2 is 1.94 bits per heavy atom. The number of nitrogens with zero attached hydrogens (tertiary/aromatic N) is 2. The number of aromatic nitrogens is 1. The minimum atomic E-state index is -4.48. The summed E-state index contributed by atoms with van der Waals surface area (Å²) in [7, 11) is 0. The van der Waals surface area contributed by atoms with Gasteiger partial charge in [0.1, 0.15) is 11.8 Å². The summed E-state index contributed by atoms with van der Waals surface area (Å²) < 4.78 is 38.1. The zero-order valence-electron chi connectivity index (χ0n) is 7.92. The molecule has 2 aromatic rings. The Balaban J connectivity index is 2.91. The molecule has 0 atom stereocenters. The van der Waals surface area contributed by atoms with E-state index in [1.54, 1.807) is 6.07 Å². The predicted octanol–water partition coefficient (Wildman–Crippen LogP) is 3.13. The first-order chi connectivity index (χ1) is 7.54. The Morgan fingerprint density at radius 1 is 1.19 bits per heavy atom. The molecule has 0 radical (unpaired) electrons. The van der Waals surface area contributed by atoms with Crippen LogP contribution in [0, 0.1) is 11.3 Å². The molecular weight excluding hydrogens is 217 g/mol. The average molecular weight is 222 g/mol. The Labute approximate surface area is 89.0 Å². The highest BCUT2D eigenvalue weighted by molar-refractivity contribution is 5.89. The van der Waals surface area contributed by atoms with Gasteiger partial charge in [0, 0.05) is 11.6 Å². The molecule has 0 spiro atoms. The molecular formula is C11H5F3N2. The van der Waals surface area contributed by atoms with Gasteiger partial charge in [0.2, 0.25) is 0 Å². The van der Waals surface area contributed by atoms with Crippen molar-refractivity contribution in [1.29, 1.82) is 5.26 Å². The van der Waals surface area contributed by atoms with Crippen LogP contribution in [0.3, 0.4) is 0 Å². The van der Waals surface area contributed by atoms with Gasteiger partial charge in [-0.3, -0.25) is 0 Å². The lowest BCUT2D eigenvalue weighted by Gasteiger charge is -2.10. The van der Waals surface area contributed by atoms with Crippen molar-refractivity contribution in [2.75, 3.05) is 0 Å². The topological polar surface area (TPSA) is 36.7 Å². The van der Waals surface area contributed by atoms with Gasteiger partial charge in [-0.05, 0) is 17.5 Å². The maximum Gasteiger partial charge on any atom is 0.417 e. The highest BCUT2D eigenvalue weighted by Crippen LogP contribution is 2.35. The van der Waals surface area contributed by atoms with E-state index < -0.39 is 11.7 Å². The number of fused-ring (bicyclic) bond motifs is 1. The minimum absolute atomic E-state index is 0.139. The van der Waals surface area contributed by atoms with E-state index in [9.17, 15) is 13.2 Å². The van der Waals surface area contributed by atoms with Gasteiger partial charge in [-0.25, -0.2) is 4.98 Å². The number of pyridine rings is 1. The quantitative estimate of drug-likeness (QED) is 0.686. The fourth-order valence-electron chi connectivity index (χ4n) is 1.55. The third-order valence-electron chi connectivity index (χ3n) is 2.20. The summed E-state index contributed by atoms with van der Waals surface area (Å²) in [5.41, 5.74) is -1.03. The number of benzene rings is 1. The molecule has 0 aliphatic heterocycles. The number of alkyl halides is 3. The second-order valence-electron chi connectivity index (χ2n) is 3.17. The first-order valence-corrected chi connectivity index (χ1v) is 4.39. The molecule has 0 saturated carbocycles. The second-order valence-corrected chi connectivity index (χ2v) is 3.17. The molecule has 0 fully saturated rings. The van der Waals surface area contributed by atoms with Crippen molar-refractivity contribution in [1.82, 2.24) is 4.98 Å². The SMILES string of the molecule is N#Cc1nccc2cccc(C(F)(F)F)c12. The summed E-state index contributed by atoms with van der Waals surface area (Å²) >= 11 is 0. The number of rotatable bonds is 0. The van der Waals surface area contributed by atoms with Crippen LogP contribution in [0.15, 0.2) is 30.5 Å². The van der Waals surface area contributed by atoms with E-state index in [0.717, 1.165) is 6.07 Å². The lowest BCUT2D eigenvalue weighted by Crippen LogP contribution is -2.06. The number of halogens is 3. The fourth-order valence-corrected chi connectivity index (χ4v) is 1.55. The molecule has 2 nitrogen and oxygen atoms in total. The van der Waals surface area contributed by atoms with Crippen molar-refractivity contribution in [3.05, 3.63) is 41.7 Å². The molecule has 80 valence electrons. The summed E-state index contributed by atoms with van der Waals surface area (Å²) in [5.74, 6) is 0. The second kappa shape index (κ2) is 3.49. The van der Waals surface area contributed by atoms with Crippen molar-refractivity contribution in [2.24, 2.45) is 0 Å². The normalized spacial score (nSPS) is 11.4. The summed E-state index contributed by atoms with van der Waals surface area (Å²) in [6.07, 6.45) is -3.16. The first kappa shape index (κ1) is 10.4. The lowest BCUT2D eigenvalue weighted by molar-refractivity contribution is -0.136. The van der Waals surface area contributed by atoms with Crippen molar-refractivity contribution in [3.8, 4) is 6.07 Å². The van der Waals surface area contributed by atoms with Gasteiger partial charge in [0.05, 0.1) is 5.56 Å². The van der Waals surface area contributed by atoms with Crippen LogP contribution < -0.4 is 0 Å². The maximum atomic E-state index is 12.7. The Morgan fingerprint density at radius 3 is 2.56 bits per heavy atom. The van der Waals surface area contributed by atoms with Gasteiger partial charge in [-0.2, -0.15) is 18.4 Å². The van der Waals surface area contributed by atoms with Crippen LogP contribution >= 0.6 is 0 Å². The lowest BCUT2D eigenvalue weighted by atomic mass is 10.0. The molecule has 1 heterocycles. The molecule has 0 unspecified atom stereocenters. The summed E-state index contributed by atoms with van der Waals surface area (Å²) in [6, 6.07) is 6.90. The van der Waals surface area contributed by atoms with E-state index in [-0.39, 0.29) is 11.1 Å². The fraction of sp³-hybridized carbons (Fsp3) is 0.0909. The van der Waals surface area contributed by atoms with E-state index in [1.807, 2.05) is 0 Å². The molecule has 5 heteroatoms. The minimum Gasteiger partial charge on any atom is -0.245 e. The Bertz CT molecular complexity index is 577. The van der Waals surface area contributed by atoms with Crippen LogP contribution in [0.25, 0.3) is 10.8 Å². The molecule has 0 aliphatic carbocycles. The van der Waals surface area contributed by atoms with Gasteiger partial charge in [-0.15, -0.1) is 0 Å². The maximum absolute atomic E-state index is 12.7. The average Bonchev–Trinajstić information content (AvgIpc) is 2.26. The van der Waals surface area contributed by atoms with Crippen LogP contribution in [0.5, 0.6) is 0 Å². The zero-order chi connectivity index (χ0) is 11.8. The van der Waals surface area contributed by atoms with E-state index in [2.05, 4.69) is 4.98 Å². The van der Waals surface area contributed by atoms with Crippen LogP contribution in [0.4, 0.5) is 13.2 Å². The van der Waals surface area contributed by atoms with E-state index in [4.69, 9.17) is 5.26 Å². The van der Waals surface area contributed by atoms with Crippen LogP contribution in [-0.2, 0) is 6.18 Å². The van der Waals surface area contributed by atoms with E-state index in [0.29, 0.717) is 5.39 Å². The standard InChI is InChI=1S/C11H5F3N2/c12-11(13,14)8-3-1-2-7-4-5-16-9(6-15)10(7)8/h1-5H. The molecule has 0 saturated heterocycles. The van der Waals surface area contributed by atoms with Crippen LogP contribution in [-0.4, -0.2) is 4.98 Å². The van der Waals surface area contributed by atoms with Gasteiger partial charge in [-0.1, -0.05) is 12.1 Å². The monoisotopic (exact) mass is 222 g/mol. The third-order valence-corrected chi connectivity index (χ3v) is 2.20. The number of hydrogen-bond acceptors (Lipinski definition) is 2. The van der Waals surface area contributed by atoms with Crippen molar-refractivity contribution in [2.45, 2.75) is 6.18 Å².